The highest BCUT2D eigenvalue weighted by atomic mass is 16.2. The Morgan fingerprint density at radius 3 is 2.57 bits per heavy atom. The number of hydrogen-bond donors (Lipinski definition) is 1. The van der Waals surface area contributed by atoms with Crippen molar-refractivity contribution in [2.45, 2.75) is 57.4 Å². The van der Waals surface area contributed by atoms with E-state index in [0.717, 1.165) is 45.4 Å². The molecule has 1 aliphatic carbocycles. The minimum Gasteiger partial charge on any atom is -0.314 e. The first-order chi connectivity index (χ1) is 11.2. The predicted octanol–water partition coefficient (Wildman–Crippen LogP) is 1.38. The second kappa shape index (κ2) is 6.17. The molecule has 0 aromatic carbocycles. The van der Waals surface area contributed by atoms with Gasteiger partial charge in [0.15, 0.2) is 0 Å². The first kappa shape index (κ1) is 15.6. The van der Waals surface area contributed by atoms with Gasteiger partial charge < -0.3 is 5.32 Å². The molecule has 3 aliphatic heterocycles. The Labute approximate surface area is 138 Å². The summed E-state index contributed by atoms with van der Waals surface area (Å²) >= 11 is 0. The van der Waals surface area contributed by atoms with Gasteiger partial charge in [0.2, 0.25) is 11.8 Å². The summed E-state index contributed by atoms with van der Waals surface area (Å²) in [6, 6.07) is 0.662. The van der Waals surface area contributed by atoms with Gasteiger partial charge in [0, 0.05) is 51.6 Å². The summed E-state index contributed by atoms with van der Waals surface area (Å²) in [7, 11) is 0. The van der Waals surface area contributed by atoms with Gasteiger partial charge in [-0.05, 0) is 37.0 Å². The molecule has 4 aliphatic rings. The van der Waals surface area contributed by atoms with E-state index in [4.69, 9.17) is 0 Å². The van der Waals surface area contributed by atoms with Crippen LogP contribution in [0, 0.1) is 11.3 Å². The largest absolute Gasteiger partial charge is 0.314 e. The highest BCUT2D eigenvalue weighted by Crippen LogP contribution is 2.47. The number of carbonyl (C=O) groups excluding carboxylic acids is 2. The number of rotatable bonds is 2. The molecule has 0 unspecified atom stereocenters. The first-order valence-corrected chi connectivity index (χ1v) is 9.43. The van der Waals surface area contributed by atoms with Crippen LogP contribution < -0.4 is 5.32 Å². The lowest BCUT2D eigenvalue weighted by Gasteiger charge is -2.44. The molecule has 4 rings (SSSR count). The predicted molar refractivity (Wildman–Crippen MR) is 87.8 cm³/mol. The summed E-state index contributed by atoms with van der Waals surface area (Å²) < 4.78 is 0. The van der Waals surface area contributed by atoms with Gasteiger partial charge in [0.05, 0.1) is 0 Å². The van der Waals surface area contributed by atoms with Crippen molar-refractivity contribution in [1.82, 2.24) is 15.1 Å². The van der Waals surface area contributed by atoms with Crippen LogP contribution in [-0.4, -0.2) is 60.4 Å². The number of piperazine rings is 1. The molecule has 0 aromatic heterocycles. The number of carbonyl (C=O) groups is 2. The number of nitrogens with zero attached hydrogens (tertiary/aromatic N) is 2. The van der Waals surface area contributed by atoms with Crippen LogP contribution in [0.4, 0.5) is 0 Å². The monoisotopic (exact) mass is 319 g/mol. The Hall–Kier alpha value is -0.940. The minimum absolute atomic E-state index is 0.0286. The third kappa shape index (κ3) is 3.05. The molecule has 1 N–H and O–H groups in total. The normalized spacial score (nSPS) is 34.9. The fourth-order valence-electron chi connectivity index (χ4n) is 5.30. The molecule has 0 aromatic rings. The molecule has 5 heteroatoms. The van der Waals surface area contributed by atoms with Gasteiger partial charge in [-0.25, -0.2) is 0 Å². The third-order valence-electron chi connectivity index (χ3n) is 6.63. The molecule has 5 nitrogen and oxygen atoms in total. The fourth-order valence-corrected chi connectivity index (χ4v) is 5.30. The maximum Gasteiger partial charge on any atom is 0.229 e. The zero-order valence-electron chi connectivity index (χ0n) is 14.1. The zero-order chi connectivity index (χ0) is 15.9. The quantitative estimate of drug-likeness (QED) is 0.781. The van der Waals surface area contributed by atoms with E-state index in [9.17, 15) is 9.59 Å². The molecule has 3 heterocycles. The van der Waals surface area contributed by atoms with Crippen LogP contribution >= 0.6 is 0 Å². The van der Waals surface area contributed by atoms with Crippen molar-refractivity contribution in [2.75, 3.05) is 32.7 Å². The first-order valence-electron chi connectivity index (χ1n) is 9.43. The molecule has 2 atom stereocenters. The van der Waals surface area contributed by atoms with E-state index in [1.165, 1.54) is 19.3 Å². The maximum atomic E-state index is 12.6. The third-order valence-corrected chi connectivity index (χ3v) is 6.63. The molecule has 3 saturated heterocycles. The number of imide groups is 1. The lowest BCUT2D eigenvalue weighted by molar-refractivity contribution is -0.154. The van der Waals surface area contributed by atoms with Crippen LogP contribution in [0.5, 0.6) is 0 Å². The lowest BCUT2D eigenvalue weighted by atomic mass is 9.76. The second-order valence-corrected chi connectivity index (χ2v) is 8.26. The maximum absolute atomic E-state index is 12.6. The number of hydrogen-bond acceptors (Lipinski definition) is 4. The molecular formula is C18H29N3O2. The number of piperidine rings is 2. The highest BCUT2D eigenvalue weighted by molar-refractivity contribution is 5.98. The summed E-state index contributed by atoms with van der Waals surface area (Å²) in [5.74, 6) is 0.672. The van der Waals surface area contributed by atoms with Crippen molar-refractivity contribution in [3.8, 4) is 0 Å². The molecule has 128 valence electrons. The Morgan fingerprint density at radius 1 is 1.09 bits per heavy atom. The van der Waals surface area contributed by atoms with E-state index in [2.05, 4.69) is 10.2 Å². The molecule has 2 amide bonds. The van der Waals surface area contributed by atoms with Gasteiger partial charge in [-0.1, -0.05) is 12.8 Å². The van der Waals surface area contributed by atoms with Gasteiger partial charge in [0.25, 0.3) is 0 Å². The van der Waals surface area contributed by atoms with Gasteiger partial charge >= 0.3 is 0 Å². The highest BCUT2D eigenvalue weighted by Gasteiger charge is 2.45. The minimum atomic E-state index is 0.0286. The van der Waals surface area contributed by atoms with E-state index in [1.54, 1.807) is 4.90 Å². The standard InChI is InChI=1S/C18H29N3O2/c22-16-9-18(5-1-2-6-18)10-17(23)21(16)13-14-3-4-15-11-19-7-8-20(15)12-14/h14-15,19H,1-13H2/t14-,15+/m1/s1. The summed E-state index contributed by atoms with van der Waals surface area (Å²) in [5, 5.41) is 3.46. The smallest absolute Gasteiger partial charge is 0.229 e. The molecule has 1 spiro atoms. The van der Waals surface area contributed by atoms with E-state index in [1.807, 2.05) is 0 Å². The summed E-state index contributed by atoms with van der Waals surface area (Å²) in [4.78, 5) is 29.4. The molecular weight excluding hydrogens is 290 g/mol. The number of amides is 2. The molecule has 0 bridgehead atoms. The lowest BCUT2D eigenvalue weighted by Crippen LogP contribution is -2.57. The second-order valence-electron chi connectivity index (χ2n) is 8.26. The summed E-state index contributed by atoms with van der Waals surface area (Å²) in [6.07, 6.45) is 8.09. The Bertz CT molecular complexity index is 467. The van der Waals surface area contributed by atoms with Gasteiger partial charge in [-0.15, -0.1) is 0 Å². The number of nitrogens with one attached hydrogen (secondary N) is 1. The average Bonchev–Trinajstić information content (AvgIpc) is 2.98. The van der Waals surface area contributed by atoms with Crippen LogP contribution in [0.25, 0.3) is 0 Å². The average molecular weight is 319 g/mol. The van der Waals surface area contributed by atoms with Crippen LogP contribution in [0.3, 0.4) is 0 Å². The van der Waals surface area contributed by atoms with Crippen molar-refractivity contribution in [2.24, 2.45) is 11.3 Å². The molecule has 1 saturated carbocycles. The summed E-state index contributed by atoms with van der Waals surface area (Å²) in [5.41, 5.74) is 0.0286. The van der Waals surface area contributed by atoms with Crippen LogP contribution in [0.2, 0.25) is 0 Å². The topological polar surface area (TPSA) is 52.7 Å². The Kier molecular flexibility index (Phi) is 4.18. The van der Waals surface area contributed by atoms with Crippen LogP contribution in [0.1, 0.15) is 51.4 Å². The van der Waals surface area contributed by atoms with Crippen molar-refractivity contribution >= 4 is 11.8 Å². The zero-order valence-corrected chi connectivity index (χ0v) is 14.1. The molecule has 4 fully saturated rings. The Balaban J connectivity index is 1.37. The van der Waals surface area contributed by atoms with E-state index in [0.29, 0.717) is 31.3 Å². The van der Waals surface area contributed by atoms with E-state index in [-0.39, 0.29) is 17.2 Å². The van der Waals surface area contributed by atoms with Crippen LogP contribution in [0.15, 0.2) is 0 Å². The molecule has 0 radical (unpaired) electrons. The van der Waals surface area contributed by atoms with Crippen molar-refractivity contribution in [1.29, 1.82) is 0 Å². The fraction of sp³-hybridized carbons (Fsp3) is 0.889. The van der Waals surface area contributed by atoms with Gasteiger partial charge in [-0.3, -0.25) is 19.4 Å². The van der Waals surface area contributed by atoms with Gasteiger partial charge in [-0.2, -0.15) is 0 Å². The summed E-state index contributed by atoms with van der Waals surface area (Å²) in [6.45, 7) is 4.97. The number of fused-ring (bicyclic) bond motifs is 1. The van der Waals surface area contributed by atoms with Crippen LogP contribution in [-0.2, 0) is 9.59 Å². The SMILES string of the molecule is O=C1CC2(CCCC2)CC(=O)N1C[C@@H]1CC[C@H]2CNCCN2C1. The van der Waals surface area contributed by atoms with Crippen molar-refractivity contribution < 1.29 is 9.59 Å². The number of likely N-dealkylation sites (tertiary alicyclic amines) is 1. The van der Waals surface area contributed by atoms with E-state index >= 15 is 0 Å². The Morgan fingerprint density at radius 2 is 1.83 bits per heavy atom. The van der Waals surface area contributed by atoms with Crippen molar-refractivity contribution in [3.05, 3.63) is 0 Å². The van der Waals surface area contributed by atoms with Gasteiger partial charge in [0.1, 0.15) is 0 Å². The van der Waals surface area contributed by atoms with Crippen molar-refractivity contribution in [3.63, 3.8) is 0 Å². The van der Waals surface area contributed by atoms with E-state index < -0.39 is 0 Å². The molecule has 23 heavy (non-hydrogen) atoms.